The molecule has 2 aromatic carbocycles. The van der Waals surface area contributed by atoms with Gasteiger partial charge >= 0.3 is 5.63 Å². The smallest absolute Gasteiger partial charge is 0.336 e. The number of nitrogens with two attached hydrogens (primary N) is 1. The SMILES string of the molecule is NC(=O)C1(Cc2ccccc2Cl)NC=CC=C1c1cn(-c2cccc3ccc(=O)oc23)nn1. The van der Waals surface area contributed by atoms with Crippen LogP contribution >= 0.6 is 11.6 Å². The molecule has 0 radical (unpaired) electrons. The molecule has 0 spiro atoms. The molecule has 8 nitrogen and oxygen atoms in total. The van der Waals surface area contributed by atoms with Crippen molar-refractivity contribution in [1.29, 1.82) is 0 Å². The van der Waals surface area contributed by atoms with Gasteiger partial charge in [0.25, 0.3) is 0 Å². The second-order valence-electron chi connectivity index (χ2n) is 7.62. The Morgan fingerprint density at radius 3 is 2.82 bits per heavy atom. The maximum Gasteiger partial charge on any atom is 0.336 e. The zero-order chi connectivity index (χ0) is 23.0. The van der Waals surface area contributed by atoms with E-state index in [1.807, 2.05) is 30.3 Å². The summed E-state index contributed by atoms with van der Waals surface area (Å²) in [7, 11) is 0. The van der Waals surface area contributed by atoms with Crippen LogP contribution in [0.4, 0.5) is 0 Å². The average Bonchev–Trinajstić information content (AvgIpc) is 3.30. The van der Waals surface area contributed by atoms with Gasteiger partial charge in [0, 0.05) is 28.5 Å². The van der Waals surface area contributed by atoms with Crippen molar-refractivity contribution in [2.75, 3.05) is 0 Å². The molecular weight excluding hydrogens is 442 g/mol. The third-order valence-electron chi connectivity index (χ3n) is 5.63. The minimum atomic E-state index is -1.29. The van der Waals surface area contributed by atoms with Crippen molar-refractivity contribution >= 4 is 34.1 Å². The first kappa shape index (κ1) is 20.7. The Bertz CT molecular complexity index is 1500. The molecule has 3 heterocycles. The number of primary amides is 1. The normalized spacial score (nSPS) is 17.5. The molecule has 1 amide bonds. The summed E-state index contributed by atoms with van der Waals surface area (Å²) in [6.45, 7) is 0. The van der Waals surface area contributed by atoms with Crippen LogP contribution in [0.3, 0.4) is 0 Å². The van der Waals surface area contributed by atoms with Crippen LogP contribution in [0, 0.1) is 0 Å². The van der Waals surface area contributed by atoms with E-state index in [1.165, 1.54) is 10.7 Å². The van der Waals surface area contributed by atoms with Gasteiger partial charge in [0.15, 0.2) is 5.58 Å². The number of carbonyl (C=O) groups is 1. The van der Waals surface area contributed by atoms with Crippen LogP contribution in [-0.2, 0) is 11.2 Å². The maximum absolute atomic E-state index is 12.8. The lowest BCUT2D eigenvalue weighted by atomic mass is 9.80. The van der Waals surface area contributed by atoms with E-state index in [4.69, 9.17) is 21.8 Å². The third kappa shape index (κ3) is 3.60. The number of aromatic nitrogens is 3. The van der Waals surface area contributed by atoms with E-state index >= 15 is 0 Å². The first-order chi connectivity index (χ1) is 16.0. The number of amides is 1. The van der Waals surface area contributed by atoms with E-state index in [1.54, 1.807) is 42.7 Å². The zero-order valence-corrected chi connectivity index (χ0v) is 18.0. The van der Waals surface area contributed by atoms with Gasteiger partial charge in [-0.15, -0.1) is 5.10 Å². The number of dihydropyridines is 1. The summed E-state index contributed by atoms with van der Waals surface area (Å²) in [5, 5.41) is 12.9. The van der Waals surface area contributed by atoms with Crippen molar-refractivity contribution in [3.05, 3.63) is 106 Å². The lowest BCUT2D eigenvalue weighted by Crippen LogP contribution is -2.56. The Hall–Kier alpha value is -4.17. The van der Waals surface area contributed by atoms with Gasteiger partial charge in [-0.3, -0.25) is 4.79 Å². The standard InChI is InChI=1S/C24H18ClN5O3/c25-18-8-2-1-5-16(18)13-24(23(26)32)17(7-4-12-27-24)19-14-30(29-28-19)20-9-3-6-15-10-11-21(31)33-22(15)20/h1-12,14,27H,13H2,(H2,26,32). The van der Waals surface area contributed by atoms with Gasteiger partial charge in [0.05, 0.1) is 6.20 Å². The Kier molecular flexibility index (Phi) is 5.07. The highest BCUT2D eigenvalue weighted by molar-refractivity contribution is 6.31. The number of halogens is 1. The van der Waals surface area contributed by atoms with Gasteiger partial charge in [0.1, 0.15) is 16.9 Å². The number of rotatable bonds is 5. The van der Waals surface area contributed by atoms with Crippen LogP contribution in [0.5, 0.6) is 0 Å². The van der Waals surface area contributed by atoms with E-state index in [0.29, 0.717) is 27.6 Å². The minimum Gasteiger partial charge on any atom is -0.420 e. The Labute approximate surface area is 193 Å². The number of nitrogens with zero attached hydrogens (tertiary/aromatic N) is 3. The largest absolute Gasteiger partial charge is 0.420 e. The fourth-order valence-electron chi connectivity index (χ4n) is 3.99. The predicted octanol–water partition coefficient (Wildman–Crippen LogP) is 2.99. The number of fused-ring (bicyclic) bond motifs is 1. The summed E-state index contributed by atoms with van der Waals surface area (Å²) in [6, 6.07) is 15.8. The molecule has 0 saturated heterocycles. The first-order valence-corrected chi connectivity index (χ1v) is 10.5. The highest BCUT2D eigenvalue weighted by Crippen LogP contribution is 2.34. The molecule has 5 rings (SSSR count). The fourth-order valence-corrected chi connectivity index (χ4v) is 4.19. The minimum absolute atomic E-state index is 0.216. The van der Waals surface area contributed by atoms with Crippen molar-refractivity contribution in [1.82, 2.24) is 20.3 Å². The number of nitrogens with one attached hydrogen (secondary N) is 1. The molecule has 9 heteroatoms. The van der Waals surface area contributed by atoms with E-state index in [2.05, 4.69) is 15.6 Å². The van der Waals surface area contributed by atoms with Crippen LogP contribution < -0.4 is 16.7 Å². The lowest BCUT2D eigenvalue weighted by molar-refractivity contribution is -0.122. The summed E-state index contributed by atoms with van der Waals surface area (Å²) < 4.78 is 6.90. The molecule has 0 saturated carbocycles. The molecule has 4 aromatic rings. The molecule has 1 unspecified atom stereocenters. The monoisotopic (exact) mass is 459 g/mol. The second kappa shape index (κ2) is 8.07. The molecular formula is C24H18ClN5O3. The molecule has 1 aliphatic rings. The molecule has 33 heavy (non-hydrogen) atoms. The summed E-state index contributed by atoms with van der Waals surface area (Å²) >= 11 is 6.37. The Balaban J connectivity index is 1.60. The number of benzene rings is 2. The molecule has 1 aliphatic heterocycles. The van der Waals surface area contributed by atoms with E-state index in [-0.39, 0.29) is 6.42 Å². The molecule has 3 N–H and O–H groups in total. The van der Waals surface area contributed by atoms with E-state index in [0.717, 1.165) is 10.9 Å². The van der Waals surface area contributed by atoms with Crippen LogP contribution in [0.2, 0.25) is 5.02 Å². The topological polar surface area (TPSA) is 116 Å². The van der Waals surface area contributed by atoms with Crippen molar-refractivity contribution in [3.8, 4) is 5.69 Å². The maximum atomic E-state index is 12.8. The van der Waals surface area contributed by atoms with Crippen molar-refractivity contribution in [2.45, 2.75) is 12.0 Å². The van der Waals surface area contributed by atoms with Crippen LogP contribution in [0.25, 0.3) is 22.2 Å². The van der Waals surface area contributed by atoms with Gasteiger partial charge in [-0.2, -0.15) is 0 Å². The van der Waals surface area contributed by atoms with Crippen LogP contribution in [0.1, 0.15) is 11.3 Å². The molecule has 164 valence electrons. The van der Waals surface area contributed by atoms with E-state index < -0.39 is 17.1 Å². The van der Waals surface area contributed by atoms with Crippen molar-refractivity contribution < 1.29 is 9.21 Å². The van der Waals surface area contributed by atoms with Gasteiger partial charge in [0.2, 0.25) is 5.91 Å². The number of para-hydroxylation sites is 1. The fraction of sp³-hybridized carbons (Fsp3) is 0.0833. The Morgan fingerprint density at radius 1 is 1.15 bits per heavy atom. The lowest BCUT2D eigenvalue weighted by Gasteiger charge is -2.35. The summed E-state index contributed by atoms with van der Waals surface area (Å²) in [4.78, 5) is 24.6. The van der Waals surface area contributed by atoms with Crippen molar-refractivity contribution in [3.63, 3.8) is 0 Å². The number of carbonyl (C=O) groups excluding carboxylic acids is 1. The van der Waals surface area contributed by atoms with Gasteiger partial charge in [-0.1, -0.05) is 53.2 Å². The average molecular weight is 460 g/mol. The summed E-state index contributed by atoms with van der Waals surface area (Å²) in [5.74, 6) is -0.580. The number of allylic oxidation sites excluding steroid dienone is 2. The quantitative estimate of drug-likeness (QED) is 0.443. The summed E-state index contributed by atoms with van der Waals surface area (Å²) in [5.41, 5.74) is 6.83. The summed E-state index contributed by atoms with van der Waals surface area (Å²) in [6.07, 6.45) is 7.08. The number of hydrogen-bond acceptors (Lipinski definition) is 6. The van der Waals surface area contributed by atoms with Crippen molar-refractivity contribution in [2.24, 2.45) is 5.73 Å². The predicted molar refractivity (Wildman–Crippen MR) is 125 cm³/mol. The zero-order valence-electron chi connectivity index (χ0n) is 17.2. The number of hydrogen-bond donors (Lipinski definition) is 2. The second-order valence-corrected chi connectivity index (χ2v) is 8.03. The molecule has 1 atom stereocenters. The third-order valence-corrected chi connectivity index (χ3v) is 5.99. The molecule has 0 aliphatic carbocycles. The molecule has 2 aromatic heterocycles. The Morgan fingerprint density at radius 2 is 2.00 bits per heavy atom. The van der Waals surface area contributed by atoms with Crippen LogP contribution in [0.15, 0.2) is 88.4 Å². The first-order valence-electron chi connectivity index (χ1n) is 10.1. The highest BCUT2D eigenvalue weighted by atomic mass is 35.5. The van der Waals surface area contributed by atoms with Gasteiger partial charge in [-0.25, -0.2) is 9.48 Å². The van der Waals surface area contributed by atoms with E-state index in [9.17, 15) is 9.59 Å². The molecule has 0 bridgehead atoms. The van der Waals surface area contributed by atoms with Crippen LogP contribution in [-0.4, -0.2) is 26.4 Å². The van der Waals surface area contributed by atoms with Gasteiger partial charge < -0.3 is 15.5 Å². The molecule has 0 fully saturated rings. The van der Waals surface area contributed by atoms with Gasteiger partial charge in [-0.05, 0) is 36.0 Å². The highest BCUT2D eigenvalue weighted by Gasteiger charge is 2.43.